The maximum atomic E-state index is 5.40. The molecule has 1 nitrogen and oxygen atoms in total. The lowest BCUT2D eigenvalue weighted by molar-refractivity contribution is 0.661. The largest absolute Gasteiger partial charge is 0.403 e. The Kier molecular flexibility index (Phi) is 3.33. The predicted octanol–water partition coefficient (Wildman–Crippen LogP) is 1.90. The van der Waals surface area contributed by atoms with Crippen LogP contribution < -0.4 is 5.73 Å². The summed E-state index contributed by atoms with van der Waals surface area (Å²) in [7, 11) is 0. The summed E-state index contributed by atoms with van der Waals surface area (Å²) in [5.41, 5.74) is 6.33. The minimum Gasteiger partial charge on any atom is -0.403 e. The normalized spacial score (nSPS) is 12.8. The number of hydrogen-bond donors (Lipinski definition) is 1. The van der Waals surface area contributed by atoms with E-state index in [2.05, 4.69) is 19.9 Å². The van der Waals surface area contributed by atoms with E-state index in [1.807, 2.05) is 6.92 Å². The third kappa shape index (κ3) is 5.54. The molecule has 0 bridgehead atoms. The molecular weight excluding hydrogens is 98.1 g/mol. The highest BCUT2D eigenvalue weighted by molar-refractivity contribution is 4.91. The van der Waals surface area contributed by atoms with Crippen LogP contribution in [-0.4, -0.2) is 0 Å². The molecule has 0 amide bonds. The lowest BCUT2D eigenvalue weighted by Crippen LogP contribution is -1.91. The van der Waals surface area contributed by atoms with Crippen molar-refractivity contribution in [2.24, 2.45) is 11.7 Å². The zero-order chi connectivity index (χ0) is 6.57. The first-order valence-corrected chi connectivity index (χ1v) is 3.05. The summed E-state index contributed by atoms with van der Waals surface area (Å²) >= 11 is 0. The summed E-state index contributed by atoms with van der Waals surface area (Å²) in [6.45, 7) is 6.28. The van der Waals surface area contributed by atoms with E-state index in [0.29, 0.717) is 0 Å². The van der Waals surface area contributed by atoms with Gasteiger partial charge in [-0.05, 0) is 19.3 Å². The molecule has 0 saturated carbocycles. The second kappa shape index (κ2) is 3.53. The standard InChI is InChI=1S/C7H15N/c1-6(2)4-5-7(3)8/h5-6H,4,8H2,1-3H3/b7-5+. The Labute approximate surface area is 51.6 Å². The summed E-state index contributed by atoms with van der Waals surface area (Å²) < 4.78 is 0. The van der Waals surface area contributed by atoms with Crippen molar-refractivity contribution < 1.29 is 0 Å². The van der Waals surface area contributed by atoms with Crippen LogP contribution in [0, 0.1) is 5.92 Å². The zero-order valence-corrected chi connectivity index (χ0v) is 5.94. The lowest BCUT2D eigenvalue weighted by Gasteiger charge is -1.96. The fraction of sp³-hybridized carbons (Fsp3) is 0.714. The summed E-state index contributed by atoms with van der Waals surface area (Å²) in [6, 6.07) is 0. The van der Waals surface area contributed by atoms with Crippen molar-refractivity contribution in [3.05, 3.63) is 11.8 Å². The van der Waals surface area contributed by atoms with Gasteiger partial charge < -0.3 is 5.73 Å². The van der Waals surface area contributed by atoms with Crippen LogP contribution in [0.3, 0.4) is 0 Å². The molecule has 0 radical (unpaired) electrons. The van der Waals surface area contributed by atoms with Crippen molar-refractivity contribution in [1.82, 2.24) is 0 Å². The smallest absolute Gasteiger partial charge is 0.000842 e. The van der Waals surface area contributed by atoms with E-state index in [1.165, 1.54) is 0 Å². The van der Waals surface area contributed by atoms with Gasteiger partial charge in [-0.25, -0.2) is 0 Å². The van der Waals surface area contributed by atoms with Gasteiger partial charge in [-0.15, -0.1) is 0 Å². The molecule has 0 aliphatic carbocycles. The van der Waals surface area contributed by atoms with E-state index in [0.717, 1.165) is 18.0 Å². The van der Waals surface area contributed by atoms with Crippen LogP contribution in [0.5, 0.6) is 0 Å². The number of nitrogens with two attached hydrogens (primary N) is 1. The molecule has 0 fully saturated rings. The molecule has 0 aliphatic rings. The van der Waals surface area contributed by atoms with Crippen molar-refractivity contribution in [3.8, 4) is 0 Å². The molecule has 0 aromatic rings. The number of allylic oxidation sites excluding steroid dienone is 2. The molecule has 0 aromatic carbocycles. The number of hydrogen-bond acceptors (Lipinski definition) is 1. The van der Waals surface area contributed by atoms with E-state index in [-0.39, 0.29) is 0 Å². The van der Waals surface area contributed by atoms with Crippen molar-refractivity contribution in [3.63, 3.8) is 0 Å². The lowest BCUT2D eigenvalue weighted by atomic mass is 10.1. The van der Waals surface area contributed by atoms with Gasteiger partial charge in [0.1, 0.15) is 0 Å². The van der Waals surface area contributed by atoms with Gasteiger partial charge in [0.05, 0.1) is 0 Å². The summed E-state index contributed by atoms with van der Waals surface area (Å²) in [4.78, 5) is 0. The first-order chi connectivity index (χ1) is 3.63. The van der Waals surface area contributed by atoms with Crippen LogP contribution in [0.25, 0.3) is 0 Å². The molecule has 1 heteroatoms. The highest BCUT2D eigenvalue weighted by Gasteiger charge is 1.86. The van der Waals surface area contributed by atoms with Crippen molar-refractivity contribution in [2.45, 2.75) is 27.2 Å². The second-order valence-electron chi connectivity index (χ2n) is 2.58. The first-order valence-electron chi connectivity index (χ1n) is 3.05. The Morgan fingerprint density at radius 2 is 2.12 bits per heavy atom. The van der Waals surface area contributed by atoms with E-state index >= 15 is 0 Å². The molecule has 0 rings (SSSR count). The second-order valence-corrected chi connectivity index (χ2v) is 2.58. The van der Waals surface area contributed by atoms with Crippen LogP contribution >= 0.6 is 0 Å². The van der Waals surface area contributed by atoms with Crippen LogP contribution in [-0.2, 0) is 0 Å². The Hall–Kier alpha value is -0.460. The van der Waals surface area contributed by atoms with E-state index in [9.17, 15) is 0 Å². The molecule has 0 aromatic heterocycles. The molecule has 0 unspecified atom stereocenters. The van der Waals surface area contributed by atoms with Gasteiger partial charge in [-0.2, -0.15) is 0 Å². The molecule has 0 spiro atoms. The molecule has 8 heavy (non-hydrogen) atoms. The molecule has 0 atom stereocenters. The molecule has 48 valence electrons. The zero-order valence-electron chi connectivity index (χ0n) is 5.94. The number of rotatable bonds is 2. The summed E-state index contributed by atoms with van der Waals surface area (Å²) in [5.74, 6) is 0.730. The van der Waals surface area contributed by atoms with E-state index < -0.39 is 0 Å². The van der Waals surface area contributed by atoms with Crippen molar-refractivity contribution >= 4 is 0 Å². The molecule has 0 aliphatic heterocycles. The van der Waals surface area contributed by atoms with Crippen molar-refractivity contribution in [2.75, 3.05) is 0 Å². The van der Waals surface area contributed by atoms with Crippen LogP contribution in [0.2, 0.25) is 0 Å². The van der Waals surface area contributed by atoms with Crippen LogP contribution in [0.4, 0.5) is 0 Å². The Morgan fingerprint density at radius 3 is 2.25 bits per heavy atom. The average molecular weight is 113 g/mol. The summed E-state index contributed by atoms with van der Waals surface area (Å²) in [5, 5.41) is 0. The SMILES string of the molecule is C/C(N)=C\CC(C)C. The highest BCUT2D eigenvalue weighted by Crippen LogP contribution is 2.00. The van der Waals surface area contributed by atoms with Crippen LogP contribution in [0.1, 0.15) is 27.2 Å². The van der Waals surface area contributed by atoms with Crippen molar-refractivity contribution in [1.29, 1.82) is 0 Å². The summed E-state index contributed by atoms with van der Waals surface area (Å²) in [6.07, 6.45) is 3.16. The Bertz CT molecular complexity index is 78.4. The van der Waals surface area contributed by atoms with E-state index in [1.54, 1.807) is 0 Å². The minimum atomic E-state index is 0.730. The monoisotopic (exact) mass is 113 g/mol. The van der Waals surface area contributed by atoms with Gasteiger partial charge in [0.2, 0.25) is 0 Å². The van der Waals surface area contributed by atoms with Gasteiger partial charge in [0.25, 0.3) is 0 Å². The maximum Gasteiger partial charge on any atom is 0.000842 e. The molecule has 0 heterocycles. The highest BCUT2D eigenvalue weighted by atomic mass is 14.5. The average Bonchev–Trinajstić information content (AvgIpc) is 1.61. The third-order valence-corrected chi connectivity index (χ3v) is 0.911. The van der Waals surface area contributed by atoms with Gasteiger partial charge in [0.15, 0.2) is 0 Å². The van der Waals surface area contributed by atoms with Gasteiger partial charge in [-0.1, -0.05) is 19.9 Å². The predicted molar refractivity (Wildman–Crippen MR) is 37.4 cm³/mol. The topological polar surface area (TPSA) is 26.0 Å². The van der Waals surface area contributed by atoms with E-state index in [4.69, 9.17) is 5.73 Å². The third-order valence-electron chi connectivity index (χ3n) is 0.911. The van der Waals surface area contributed by atoms with Crippen LogP contribution in [0.15, 0.2) is 11.8 Å². The fourth-order valence-corrected chi connectivity index (χ4v) is 0.422. The van der Waals surface area contributed by atoms with Gasteiger partial charge in [0, 0.05) is 5.70 Å². The quantitative estimate of drug-likeness (QED) is 0.581. The minimum absolute atomic E-state index is 0.730. The fourth-order valence-electron chi connectivity index (χ4n) is 0.422. The first kappa shape index (κ1) is 7.54. The Balaban J connectivity index is 3.29. The van der Waals surface area contributed by atoms with Gasteiger partial charge >= 0.3 is 0 Å². The Morgan fingerprint density at radius 1 is 1.62 bits per heavy atom. The molecular formula is C7H15N. The molecule has 2 N–H and O–H groups in total. The maximum absolute atomic E-state index is 5.40. The molecule has 0 saturated heterocycles. The van der Waals surface area contributed by atoms with Gasteiger partial charge in [-0.3, -0.25) is 0 Å².